The standard InChI is InChI=1S/C25H24N6O.C25H24N6.C24H22N6.C22H20N6/c1-25(2,3)12-22(32)27-17-10-16(13-26-14-17)15-8-9-19-18(11-15)23(31-30-19)24-28-20-6-4-5-7-21(20)29-24;1-4-10-31(11-5-1)16-17-12-19(15-26-14-17)18-8-9-21-20(13-18)24(30-29-21)25-27-22-6-2-3-7-23(22)28-25;1-2-6-22-21(5-1)26-24(27-22)23-19-12-17(7-8-20(19)28-29-23)18-11-16(13-25-14-18)15-30-9-3-4-10-30;1-28(2)13-14-9-16(12-23-11-14)15-7-8-18-17(10-15)21(27-26-18)22-24-19-5-3-4-6-20(19)25-22/h4-11,13-14H,12H2,1-3H3,(H,27,32)(H,28,29)(H,30,31);2-3,6-9,12-15H,1,4-5,10-11,16H2,(H,27,28)(H,29,30);1-2,5-8,11-14H,3-4,9-10,15H2,(H,26,27)(H,28,29);3-12H,13H2,1-2H3,(H,24,25)(H,26,27). The smallest absolute Gasteiger partial charge is 0.224 e. The van der Waals surface area contributed by atoms with Crippen LogP contribution in [0.25, 0.3) is 178 Å². The third-order valence-corrected chi connectivity index (χ3v) is 22.1. The van der Waals surface area contributed by atoms with E-state index in [-0.39, 0.29) is 11.3 Å². The molecule has 25 nitrogen and oxygen atoms in total. The Labute approximate surface area is 696 Å². The van der Waals surface area contributed by atoms with Gasteiger partial charge in [-0.3, -0.25) is 54.9 Å². The molecule has 8 aromatic carbocycles. The van der Waals surface area contributed by atoms with Gasteiger partial charge in [0.1, 0.15) is 22.8 Å². The number of nitrogens with zero attached hydrogens (tertiary/aromatic N) is 15. The molecule has 12 aromatic heterocycles. The van der Waals surface area contributed by atoms with Crippen molar-refractivity contribution in [1.29, 1.82) is 0 Å². The lowest BCUT2D eigenvalue weighted by molar-refractivity contribution is -0.117. The molecule has 20 aromatic rings. The van der Waals surface area contributed by atoms with E-state index in [9.17, 15) is 4.79 Å². The number of likely N-dealkylation sites (tertiary alicyclic amines) is 2. The Kier molecular flexibility index (Phi) is 21.1. The van der Waals surface area contributed by atoms with Crippen molar-refractivity contribution in [2.45, 2.75) is 78.9 Å². The number of hydrogen-bond donors (Lipinski definition) is 9. The number of anilines is 1. The van der Waals surface area contributed by atoms with Gasteiger partial charge >= 0.3 is 0 Å². The highest BCUT2D eigenvalue weighted by Crippen LogP contribution is 2.37. The molecule has 0 atom stereocenters. The van der Waals surface area contributed by atoms with Crippen LogP contribution in [0, 0.1) is 5.41 Å². The van der Waals surface area contributed by atoms with Crippen LogP contribution in [0.3, 0.4) is 0 Å². The van der Waals surface area contributed by atoms with Crippen molar-refractivity contribution in [3.8, 4) is 90.6 Å². The van der Waals surface area contributed by atoms with E-state index < -0.39 is 0 Å². The number of H-pyrrole nitrogens is 8. The first-order valence-corrected chi connectivity index (χ1v) is 41.1. The lowest BCUT2D eigenvalue weighted by atomic mass is 9.92. The number of pyridine rings is 4. The number of aromatic amines is 8. The van der Waals surface area contributed by atoms with Crippen LogP contribution in [0.4, 0.5) is 5.69 Å². The van der Waals surface area contributed by atoms with Crippen LogP contribution in [-0.2, 0) is 24.4 Å². The number of carbonyl (C=O) groups is 1. The molecule has 14 heterocycles. The summed E-state index contributed by atoms with van der Waals surface area (Å²) in [6.07, 6.45) is 22.1. The molecule has 25 heteroatoms. The number of nitrogens with one attached hydrogen (secondary N) is 9. The molecule has 2 aliphatic rings. The number of fused-ring (bicyclic) bond motifs is 8. The van der Waals surface area contributed by atoms with Crippen LogP contribution < -0.4 is 5.32 Å². The minimum absolute atomic E-state index is 0.0195. The molecule has 22 rings (SSSR count). The van der Waals surface area contributed by atoms with Crippen LogP contribution >= 0.6 is 0 Å². The molecule has 2 fully saturated rings. The summed E-state index contributed by atoms with van der Waals surface area (Å²) in [5, 5.41) is 37.6. The quantitative estimate of drug-likeness (QED) is 0.0434. The third-order valence-electron chi connectivity index (χ3n) is 22.1. The summed E-state index contributed by atoms with van der Waals surface area (Å²) in [5.74, 6) is 3.02. The van der Waals surface area contributed by atoms with E-state index in [0.29, 0.717) is 12.1 Å². The molecule has 0 unspecified atom stereocenters. The Morgan fingerprint density at radius 1 is 0.355 bits per heavy atom. The summed E-state index contributed by atoms with van der Waals surface area (Å²) in [5.41, 5.74) is 27.9. The van der Waals surface area contributed by atoms with Gasteiger partial charge < -0.3 is 30.2 Å². The second-order valence-corrected chi connectivity index (χ2v) is 32.8. The molecular formula is C96H90N24O. The summed E-state index contributed by atoms with van der Waals surface area (Å²) in [6, 6.07) is 65.8. The summed E-state index contributed by atoms with van der Waals surface area (Å²) in [6.45, 7) is 13.7. The van der Waals surface area contributed by atoms with Gasteiger partial charge in [0.25, 0.3) is 0 Å². The maximum atomic E-state index is 12.3. The predicted molar refractivity (Wildman–Crippen MR) is 481 cm³/mol. The molecule has 600 valence electrons. The number of rotatable bonds is 16. The Hall–Kier alpha value is -14.5. The number of benzene rings is 8. The highest BCUT2D eigenvalue weighted by atomic mass is 16.1. The number of carbonyl (C=O) groups excluding carboxylic acids is 1. The largest absolute Gasteiger partial charge is 0.337 e. The number of para-hydroxylation sites is 8. The van der Waals surface area contributed by atoms with Gasteiger partial charge in [0.2, 0.25) is 5.91 Å². The van der Waals surface area contributed by atoms with Crippen LogP contribution in [0.1, 0.15) is 76.0 Å². The van der Waals surface area contributed by atoms with E-state index in [0.717, 1.165) is 198 Å². The van der Waals surface area contributed by atoms with Crippen LogP contribution in [0.5, 0.6) is 0 Å². The van der Waals surface area contributed by atoms with Gasteiger partial charge in [-0.25, -0.2) is 19.9 Å². The van der Waals surface area contributed by atoms with E-state index in [4.69, 9.17) is 15.0 Å². The number of amides is 1. The molecule has 0 aliphatic carbocycles. The minimum atomic E-state index is -0.0749. The molecule has 121 heavy (non-hydrogen) atoms. The maximum Gasteiger partial charge on any atom is 0.224 e. The van der Waals surface area contributed by atoms with Crippen molar-refractivity contribution in [2.75, 3.05) is 45.6 Å². The Morgan fingerprint density at radius 3 is 1.01 bits per heavy atom. The molecule has 0 saturated carbocycles. The summed E-state index contributed by atoms with van der Waals surface area (Å²) < 4.78 is 0. The van der Waals surface area contributed by atoms with Gasteiger partial charge in [-0.05, 0) is 232 Å². The van der Waals surface area contributed by atoms with Crippen LogP contribution in [-0.4, -0.2) is 161 Å². The fraction of sp³-hybridized carbons (Fsp3) is 0.198. The summed E-state index contributed by atoms with van der Waals surface area (Å²) >= 11 is 0. The van der Waals surface area contributed by atoms with Crippen molar-refractivity contribution in [2.24, 2.45) is 5.41 Å². The van der Waals surface area contributed by atoms with Crippen molar-refractivity contribution in [1.82, 2.24) is 115 Å². The topological polar surface area (TPSA) is 320 Å². The van der Waals surface area contributed by atoms with Crippen molar-refractivity contribution in [3.63, 3.8) is 0 Å². The summed E-state index contributed by atoms with van der Waals surface area (Å²) in [7, 11) is 4.12. The average molecular weight is 1600 g/mol. The number of imidazole rings is 4. The van der Waals surface area contributed by atoms with Gasteiger partial charge in [0.05, 0.1) is 78.1 Å². The second kappa shape index (κ2) is 33.5. The van der Waals surface area contributed by atoms with E-state index in [1.54, 1.807) is 12.4 Å². The highest BCUT2D eigenvalue weighted by molar-refractivity contribution is 6.00. The van der Waals surface area contributed by atoms with Gasteiger partial charge in [0, 0.05) is 113 Å². The minimum Gasteiger partial charge on any atom is -0.337 e. The fourth-order valence-corrected chi connectivity index (χ4v) is 16.2. The predicted octanol–water partition coefficient (Wildman–Crippen LogP) is 19.7. The normalized spacial score (nSPS) is 13.4. The van der Waals surface area contributed by atoms with E-state index in [1.165, 1.54) is 75.0 Å². The number of hydrogen-bond acceptors (Lipinski definition) is 16. The zero-order chi connectivity index (χ0) is 81.9. The van der Waals surface area contributed by atoms with Crippen LogP contribution in [0.15, 0.2) is 244 Å². The molecular weight excluding hydrogens is 1510 g/mol. The molecule has 9 N–H and O–H groups in total. The molecule has 0 radical (unpaired) electrons. The zero-order valence-electron chi connectivity index (χ0n) is 67.9. The first kappa shape index (κ1) is 76.4. The zero-order valence-corrected chi connectivity index (χ0v) is 67.9. The second-order valence-electron chi connectivity index (χ2n) is 32.8. The van der Waals surface area contributed by atoms with Crippen LogP contribution in [0.2, 0.25) is 0 Å². The van der Waals surface area contributed by atoms with Gasteiger partial charge in [-0.2, -0.15) is 20.4 Å². The first-order chi connectivity index (χ1) is 59.2. The Morgan fingerprint density at radius 2 is 0.669 bits per heavy atom. The molecule has 0 spiro atoms. The van der Waals surface area contributed by atoms with Gasteiger partial charge in [-0.15, -0.1) is 0 Å². The first-order valence-electron chi connectivity index (χ1n) is 41.1. The lowest BCUT2D eigenvalue weighted by Crippen LogP contribution is -2.29. The fourth-order valence-electron chi connectivity index (χ4n) is 16.2. The lowest BCUT2D eigenvalue weighted by Gasteiger charge is -2.26. The van der Waals surface area contributed by atoms with Crippen molar-refractivity contribution in [3.05, 3.63) is 260 Å². The highest BCUT2D eigenvalue weighted by Gasteiger charge is 2.22. The maximum absolute atomic E-state index is 12.3. The third kappa shape index (κ3) is 17.0. The number of aromatic nitrogens is 20. The van der Waals surface area contributed by atoms with E-state index in [1.807, 2.05) is 173 Å². The van der Waals surface area contributed by atoms with Gasteiger partial charge in [0.15, 0.2) is 23.3 Å². The molecule has 2 saturated heterocycles. The Balaban J connectivity index is 0.000000107. The average Bonchev–Trinajstić information content (AvgIpc) is 1.61. The molecule has 2 aliphatic heterocycles. The van der Waals surface area contributed by atoms with Crippen molar-refractivity contribution < 1.29 is 4.79 Å². The summed E-state index contributed by atoms with van der Waals surface area (Å²) in [4.78, 5) is 69.6. The number of piperidine rings is 1. The van der Waals surface area contributed by atoms with E-state index >= 15 is 0 Å². The van der Waals surface area contributed by atoms with E-state index in [2.05, 4.69) is 199 Å². The Bertz CT molecular complexity index is 6980. The van der Waals surface area contributed by atoms with Crippen molar-refractivity contribution >= 4 is 99.3 Å². The van der Waals surface area contributed by atoms with Gasteiger partial charge in [-0.1, -0.05) is 100.0 Å². The molecule has 1 amide bonds. The SMILES string of the molecule is CC(C)(C)CC(=O)Nc1cncc(-c2ccc3[nH]nc(-c4nc5ccccc5[nH]4)c3c2)c1.CN(C)Cc1cncc(-c2ccc3[nH]nc(-c4nc5ccccc5[nH]4)c3c2)c1.c1ccc2[nH]c(-c3n[nH]c4ccc(-c5cncc(CN6CCCC6)c5)cc34)nc2c1.c1ccc2[nH]c(-c3n[nH]c4ccc(-c5cncc(CN6CCCCC6)c5)cc34)nc2c1. The monoisotopic (exact) mass is 1590 g/mol. The molecule has 0 bridgehead atoms.